The van der Waals surface area contributed by atoms with Crippen LogP contribution in [0, 0.1) is 0 Å². The Morgan fingerprint density at radius 3 is 2.61 bits per heavy atom. The van der Waals surface area contributed by atoms with Gasteiger partial charge in [0.2, 0.25) is 11.8 Å². The van der Waals surface area contributed by atoms with Gasteiger partial charge in [0.15, 0.2) is 0 Å². The molecular formula is C17H29N3O3. The molecule has 1 saturated heterocycles. The van der Waals surface area contributed by atoms with E-state index < -0.39 is 0 Å². The van der Waals surface area contributed by atoms with Gasteiger partial charge in [0.1, 0.15) is 5.76 Å². The van der Waals surface area contributed by atoms with Crippen LogP contribution < -0.4 is 0 Å². The molecule has 1 fully saturated rings. The molecule has 1 aliphatic heterocycles. The van der Waals surface area contributed by atoms with Crippen LogP contribution >= 0.6 is 0 Å². The molecule has 6 heteroatoms. The van der Waals surface area contributed by atoms with E-state index >= 15 is 0 Å². The highest BCUT2D eigenvalue weighted by Crippen LogP contribution is 2.26. The monoisotopic (exact) mass is 323 g/mol. The maximum absolute atomic E-state index is 12.4. The number of aromatic nitrogens is 1. The lowest BCUT2D eigenvalue weighted by Gasteiger charge is -2.31. The van der Waals surface area contributed by atoms with Crippen molar-refractivity contribution < 1.29 is 14.3 Å². The molecule has 1 N–H and O–H groups in total. The molecule has 23 heavy (non-hydrogen) atoms. The highest BCUT2D eigenvalue weighted by atomic mass is 16.4. The summed E-state index contributed by atoms with van der Waals surface area (Å²) in [4.78, 5) is 20.5. The van der Waals surface area contributed by atoms with E-state index in [0.29, 0.717) is 38.4 Å². The van der Waals surface area contributed by atoms with Gasteiger partial charge >= 0.3 is 0 Å². The highest BCUT2D eigenvalue weighted by molar-refractivity contribution is 5.78. The lowest BCUT2D eigenvalue weighted by molar-refractivity contribution is -0.134. The molecule has 0 unspecified atom stereocenters. The van der Waals surface area contributed by atoms with Crippen molar-refractivity contribution in [2.75, 3.05) is 26.7 Å². The first kappa shape index (κ1) is 17.9. The van der Waals surface area contributed by atoms with Crippen molar-refractivity contribution in [1.29, 1.82) is 0 Å². The summed E-state index contributed by atoms with van der Waals surface area (Å²) in [6, 6.07) is -0.0644. The Balaban J connectivity index is 1.93. The molecule has 1 aromatic rings. The van der Waals surface area contributed by atoms with Crippen LogP contribution in [-0.4, -0.2) is 58.6 Å². The number of aliphatic hydroxyl groups excluding tert-OH is 1. The first-order valence-corrected chi connectivity index (χ1v) is 8.30. The lowest BCUT2D eigenvalue weighted by atomic mass is 9.94. The quantitative estimate of drug-likeness (QED) is 0.917. The standard InChI is InChI=1S/C17H29N3O3/c1-12(16-18-10-14(23-16)17(2,3)4)19(5)11-15(22)20-8-6-13(21)7-9-20/h10,12-13,21H,6-9,11H2,1-5H3/t12-/m1/s1. The summed E-state index contributed by atoms with van der Waals surface area (Å²) in [6.45, 7) is 9.83. The van der Waals surface area contributed by atoms with Crippen LogP contribution in [0.2, 0.25) is 0 Å². The molecule has 2 heterocycles. The molecule has 1 aliphatic rings. The zero-order valence-corrected chi connectivity index (χ0v) is 14.9. The molecule has 0 saturated carbocycles. The molecule has 6 nitrogen and oxygen atoms in total. The summed E-state index contributed by atoms with van der Waals surface area (Å²) < 4.78 is 5.86. The molecule has 130 valence electrons. The number of piperidine rings is 1. The summed E-state index contributed by atoms with van der Waals surface area (Å²) >= 11 is 0. The maximum atomic E-state index is 12.4. The number of oxazole rings is 1. The Hall–Kier alpha value is -1.40. The molecule has 2 rings (SSSR count). The van der Waals surface area contributed by atoms with E-state index in [-0.39, 0.29) is 23.5 Å². The molecule has 0 aromatic carbocycles. The molecule has 0 aliphatic carbocycles. The van der Waals surface area contributed by atoms with E-state index in [2.05, 4.69) is 25.8 Å². The summed E-state index contributed by atoms with van der Waals surface area (Å²) in [6.07, 6.45) is 2.84. The minimum Gasteiger partial charge on any atom is -0.443 e. The predicted molar refractivity (Wildman–Crippen MR) is 88.1 cm³/mol. The van der Waals surface area contributed by atoms with Gasteiger partial charge in [-0.3, -0.25) is 9.69 Å². The number of carbonyl (C=O) groups is 1. The van der Waals surface area contributed by atoms with Crippen molar-refractivity contribution in [3.8, 4) is 0 Å². The summed E-state index contributed by atoms with van der Waals surface area (Å²) in [5, 5.41) is 9.53. The Morgan fingerprint density at radius 2 is 2.09 bits per heavy atom. The van der Waals surface area contributed by atoms with Gasteiger partial charge in [0, 0.05) is 18.5 Å². The number of nitrogens with zero attached hydrogens (tertiary/aromatic N) is 3. The number of amides is 1. The van der Waals surface area contributed by atoms with Crippen molar-refractivity contribution in [3.63, 3.8) is 0 Å². The van der Waals surface area contributed by atoms with Crippen LogP contribution in [0.1, 0.15) is 58.2 Å². The normalized spacial score (nSPS) is 18.5. The van der Waals surface area contributed by atoms with Crippen LogP contribution in [0.25, 0.3) is 0 Å². The Bertz CT molecular complexity index is 527. The third kappa shape index (κ3) is 4.54. The minimum atomic E-state index is -0.265. The summed E-state index contributed by atoms with van der Waals surface area (Å²) in [7, 11) is 1.91. The van der Waals surface area contributed by atoms with Crippen LogP contribution in [0.15, 0.2) is 10.6 Å². The fourth-order valence-corrected chi connectivity index (χ4v) is 2.58. The average molecular weight is 323 g/mol. The van der Waals surface area contributed by atoms with E-state index in [1.54, 1.807) is 6.20 Å². The van der Waals surface area contributed by atoms with E-state index in [1.807, 2.05) is 23.8 Å². The Morgan fingerprint density at radius 1 is 1.48 bits per heavy atom. The third-order valence-corrected chi connectivity index (χ3v) is 4.48. The smallest absolute Gasteiger partial charge is 0.236 e. The van der Waals surface area contributed by atoms with Crippen molar-refractivity contribution >= 4 is 5.91 Å². The number of likely N-dealkylation sites (N-methyl/N-ethyl adjacent to an activating group) is 1. The second-order valence-electron chi connectivity index (χ2n) is 7.52. The molecule has 1 amide bonds. The average Bonchev–Trinajstić information content (AvgIpc) is 2.96. The van der Waals surface area contributed by atoms with E-state index in [0.717, 1.165) is 5.76 Å². The minimum absolute atomic E-state index is 0.0644. The van der Waals surface area contributed by atoms with Gasteiger partial charge in [-0.1, -0.05) is 20.8 Å². The van der Waals surface area contributed by atoms with Crippen LogP contribution in [-0.2, 0) is 10.2 Å². The van der Waals surface area contributed by atoms with Crippen LogP contribution in [0.5, 0.6) is 0 Å². The Labute approximate surface area is 138 Å². The summed E-state index contributed by atoms with van der Waals surface area (Å²) in [5.41, 5.74) is -0.0754. The van der Waals surface area contributed by atoms with E-state index in [4.69, 9.17) is 4.42 Å². The zero-order chi connectivity index (χ0) is 17.2. The van der Waals surface area contributed by atoms with Crippen molar-refractivity contribution in [2.45, 2.75) is 58.1 Å². The number of likely N-dealkylation sites (tertiary alicyclic amines) is 1. The molecule has 1 aromatic heterocycles. The van der Waals surface area contributed by atoms with Crippen molar-refractivity contribution in [1.82, 2.24) is 14.8 Å². The fourth-order valence-electron chi connectivity index (χ4n) is 2.58. The van der Waals surface area contributed by atoms with Crippen molar-refractivity contribution in [2.24, 2.45) is 0 Å². The topological polar surface area (TPSA) is 69.8 Å². The predicted octanol–water partition coefficient (Wildman–Crippen LogP) is 1.95. The number of hydrogen-bond donors (Lipinski definition) is 1. The summed E-state index contributed by atoms with van der Waals surface area (Å²) in [5.74, 6) is 1.58. The largest absolute Gasteiger partial charge is 0.443 e. The first-order valence-electron chi connectivity index (χ1n) is 8.30. The third-order valence-electron chi connectivity index (χ3n) is 4.48. The zero-order valence-electron chi connectivity index (χ0n) is 14.9. The SMILES string of the molecule is C[C@H](c1ncc(C(C)(C)C)o1)N(C)CC(=O)N1CCC(O)CC1. The van der Waals surface area contributed by atoms with Gasteiger partial charge in [0.05, 0.1) is 24.9 Å². The van der Waals surface area contributed by atoms with Gasteiger partial charge in [0.25, 0.3) is 0 Å². The van der Waals surface area contributed by atoms with Crippen molar-refractivity contribution in [3.05, 3.63) is 17.8 Å². The molecule has 1 atom stereocenters. The van der Waals surface area contributed by atoms with Gasteiger partial charge in [-0.05, 0) is 26.8 Å². The van der Waals surface area contributed by atoms with Gasteiger partial charge in [-0.2, -0.15) is 0 Å². The Kier molecular flexibility index (Phi) is 5.47. The molecular weight excluding hydrogens is 294 g/mol. The lowest BCUT2D eigenvalue weighted by Crippen LogP contribution is -2.44. The number of hydrogen-bond acceptors (Lipinski definition) is 5. The van der Waals surface area contributed by atoms with E-state index in [1.165, 1.54) is 0 Å². The number of carbonyl (C=O) groups excluding carboxylic acids is 1. The fraction of sp³-hybridized carbons (Fsp3) is 0.765. The van der Waals surface area contributed by atoms with Gasteiger partial charge in [-0.15, -0.1) is 0 Å². The van der Waals surface area contributed by atoms with Gasteiger partial charge < -0.3 is 14.4 Å². The van der Waals surface area contributed by atoms with Gasteiger partial charge in [-0.25, -0.2) is 4.98 Å². The molecule has 0 radical (unpaired) electrons. The van der Waals surface area contributed by atoms with E-state index in [9.17, 15) is 9.90 Å². The molecule has 0 bridgehead atoms. The second-order valence-corrected chi connectivity index (χ2v) is 7.52. The van der Waals surface area contributed by atoms with Crippen LogP contribution in [0.4, 0.5) is 0 Å². The highest BCUT2D eigenvalue weighted by Gasteiger charge is 2.26. The molecule has 0 spiro atoms. The number of aliphatic hydroxyl groups is 1. The maximum Gasteiger partial charge on any atom is 0.236 e. The number of rotatable bonds is 4. The van der Waals surface area contributed by atoms with Crippen LogP contribution in [0.3, 0.4) is 0 Å². The first-order chi connectivity index (χ1) is 10.7. The second kappa shape index (κ2) is 7.01.